The van der Waals surface area contributed by atoms with Crippen molar-refractivity contribution in [3.63, 3.8) is 0 Å². The molecule has 0 saturated carbocycles. The highest BCUT2D eigenvalue weighted by molar-refractivity contribution is 6.74. The molecule has 0 unspecified atom stereocenters. The summed E-state index contributed by atoms with van der Waals surface area (Å²) in [6, 6.07) is 9.23. The number of nitrogens with zero attached hydrogens (tertiary/aromatic N) is 1. The molecule has 6 nitrogen and oxygen atoms in total. The van der Waals surface area contributed by atoms with E-state index in [1.165, 1.54) is 7.11 Å². The molecule has 3 atom stereocenters. The molecule has 2 rings (SSSR count). The smallest absolute Gasteiger partial charge is 0.329 e. The summed E-state index contributed by atoms with van der Waals surface area (Å²) in [6.07, 6.45) is -0.339. The highest BCUT2D eigenvalue weighted by Crippen LogP contribution is 2.40. The number of hydrogen-bond acceptors (Lipinski definition) is 5. The van der Waals surface area contributed by atoms with Crippen LogP contribution in [0.2, 0.25) is 18.1 Å². The summed E-state index contributed by atoms with van der Waals surface area (Å²) < 4.78 is 17.0. The number of benzene rings is 1. The van der Waals surface area contributed by atoms with Crippen LogP contribution in [0.5, 0.6) is 0 Å². The molecule has 0 bridgehead atoms. The van der Waals surface area contributed by atoms with E-state index < -0.39 is 26.2 Å². The van der Waals surface area contributed by atoms with Crippen molar-refractivity contribution < 1.29 is 23.5 Å². The first-order valence-corrected chi connectivity index (χ1v) is 13.1. The monoisotopic (exact) mass is 421 g/mol. The van der Waals surface area contributed by atoms with Gasteiger partial charge in [-0.15, -0.1) is 0 Å². The predicted octanol–water partition coefficient (Wildman–Crippen LogP) is 3.61. The molecule has 1 saturated heterocycles. The second kappa shape index (κ2) is 9.41. The van der Waals surface area contributed by atoms with E-state index in [0.29, 0.717) is 19.8 Å². The molecule has 1 aliphatic rings. The molecule has 1 aliphatic heterocycles. The average Bonchev–Trinajstić information content (AvgIpc) is 2.64. The van der Waals surface area contributed by atoms with E-state index in [1.807, 2.05) is 37.3 Å². The van der Waals surface area contributed by atoms with Crippen LogP contribution >= 0.6 is 0 Å². The van der Waals surface area contributed by atoms with Gasteiger partial charge in [0.05, 0.1) is 32.3 Å². The van der Waals surface area contributed by atoms with E-state index in [-0.39, 0.29) is 17.0 Å². The minimum absolute atomic E-state index is 0.0276. The number of β-lactam (4-membered cyclic amide) rings is 1. The van der Waals surface area contributed by atoms with Gasteiger partial charge in [0, 0.05) is 6.54 Å². The molecule has 0 N–H and O–H groups in total. The fourth-order valence-corrected chi connectivity index (χ4v) is 4.75. The first-order chi connectivity index (χ1) is 13.5. The van der Waals surface area contributed by atoms with Gasteiger partial charge in [-0.25, -0.2) is 4.79 Å². The van der Waals surface area contributed by atoms with Crippen molar-refractivity contribution in [1.29, 1.82) is 0 Å². The molecular formula is C22H35NO5Si. The molecule has 1 aromatic carbocycles. The van der Waals surface area contributed by atoms with Crippen LogP contribution in [-0.4, -0.2) is 57.5 Å². The lowest BCUT2D eigenvalue weighted by atomic mass is 9.83. The van der Waals surface area contributed by atoms with Gasteiger partial charge >= 0.3 is 5.97 Å². The van der Waals surface area contributed by atoms with E-state index >= 15 is 0 Å². The number of ether oxygens (including phenoxy) is 2. The Labute approximate surface area is 175 Å². The third-order valence-electron chi connectivity index (χ3n) is 6.07. The Morgan fingerprint density at radius 1 is 1.21 bits per heavy atom. The Hall–Kier alpha value is -1.70. The number of carbonyl (C=O) groups excluding carboxylic acids is 2. The maximum atomic E-state index is 12.8. The van der Waals surface area contributed by atoms with Crippen molar-refractivity contribution in [3.8, 4) is 0 Å². The van der Waals surface area contributed by atoms with Crippen molar-refractivity contribution >= 4 is 20.2 Å². The first kappa shape index (κ1) is 23.6. The Morgan fingerprint density at radius 2 is 1.83 bits per heavy atom. The summed E-state index contributed by atoms with van der Waals surface area (Å²) in [6.45, 7) is 13.8. The van der Waals surface area contributed by atoms with E-state index in [9.17, 15) is 9.59 Å². The molecule has 162 valence electrons. The van der Waals surface area contributed by atoms with Crippen LogP contribution in [0.15, 0.2) is 30.3 Å². The van der Waals surface area contributed by atoms with Crippen LogP contribution < -0.4 is 0 Å². The van der Waals surface area contributed by atoms with Crippen LogP contribution in [0.25, 0.3) is 0 Å². The van der Waals surface area contributed by atoms with E-state index in [1.54, 1.807) is 4.90 Å². The molecule has 0 radical (unpaired) electrons. The Morgan fingerprint density at radius 3 is 2.38 bits per heavy atom. The van der Waals surface area contributed by atoms with Gasteiger partial charge in [0.2, 0.25) is 5.91 Å². The van der Waals surface area contributed by atoms with Crippen molar-refractivity contribution in [2.45, 2.75) is 64.6 Å². The van der Waals surface area contributed by atoms with Crippen molar-refractivity contribution in [2.75, 3.05) is 20.3 Å². The second-order valence-corrected chi connectivity index (χ2v) is 13.9. The van der Waals surface area contributed by atoms with E-state index in [2.05, 4.69) is 33.9 Å². The van der Waals surface area contributed by atoms with Gasteiger partial charge in [0.15, 0.2) is 8.32 Å². The summed E-state index contributed by atoms with van der Waals surface area (Å²) in [5.74, 6) is -0.982. The zero-order chi connectivity index (χ0) is 21.8. The van der Waals surface area contributed by atoms with Gasteiger partial charge in [0.25, 0.3) is 0 Å². The second-order valence-electron chi connectivity index (χ2n) is 9.15. The highest BCUT2D eigenvalue weighted by atomic mass is 28.4. The standard InChI is InChI=1S/C22H35NO5Si/c1-16(28-29(6,7)22(2,3)4)18-19(21(25)26-5)23(20(18)24)13-14-27-15-17-11-9-8-10-12-17/h8-12,16,18-19H,13-15H2,1-7H3/t16-,18-,19+/m1/s1. The number of rotatable bonds is 9. The predicted molar refractivity (Wildman–Crippen MR) is 115 cm³/mol. The normalized spacial score (nSPS) is 20.9. The fourth-order valence-electron chi connectivity index (χ4n) is 3.32. The average molecular weight is 422 g/mol. The minimum atomic E-state index is -2.06. The third-order valence-corrected chi connectivity index (χ3v) is 10.6. The van der Waals surface area contributed by atoms with Crippen LogP contribution in [0.3, 0.4) is 0 Å². The lowest BCUT2D eigenvalue weighted by Gasteiger charge is -2.49. The van der Waals surface area contributed by atoms with Crippen molar-refractivity contribution in [1.82, 2.24) is 4.90 Å². The maximum Gasteiger partial charge on any atom is 0.329 e. The number of carbonyl (C=O) groups is 2. The number of esters is 1. The number of hydrogen-bond donors (Lipinski definition) is 0. The largest absolute Gasteiger partial charge is 0.467 e. The molecule has 1 amide bonds. The van der Waals surface area contributed by atoms with Crippen molar-refractivity contribution in [2.24, 2.45) is 5.92 Å². The first-order valence-electron chi connectivity index (χ1n) is 10.2. The maximum absolute atomic E-state index is 12.8. The minimum Gasteiger partial charge on any atom is -0.467 e. The summed E-state index contributed by atoms with van der Waals surface area (Å²) >= 11 is 0. The summed E-state index contributed by atoms with van der Waals surface area (Å²) in [5, 5.41) is 0.0276. The van der Waals surface area contributed by atoms with Gasteiger partial charge in [-0.05, 0) is 30.6 Å². The lowest BCUT2D eigenvalue weighted by molar-refractivity contribution is -0.179. The van der Waals surface area contributed by atoms with Gasteiger partial charge in [-0.2, -0.15) is 0 Å². The highest BCUT2D eigenvalue weighted by Gasteiger charge is 2.55. The van der Waals surface area contributed by atoms with Gasteiger partial charge in [-0.3, -0.25) is 4.79 Å². The van der Waals surface area contributed by atoms with Crippen LogP contribution in [0, 0.1) is 5.92 Å². The topological polar surface area (TPSA) is 65.1 Å². The quantitative estimate of drug-likeness (QED) is 0.264. The Balaban J connectivity index is 1.97. The van der Waals surface area contributed by atoms with Crippen molar-refractivity contribution in [3.05, 3.63) is 35.9 Å². The molecule has 0 aromatic heterocycles. The van der Waals surface area contributed by atoms with Gasteiger partial charge in [-0.1, -0.05) is 51.1 Å². The number of amides is 1. The van der Waals surface area contributed by atoms with Gasteiger partial charge in [0.1, 0.15) is 6.04 Å². The molecule has 1 fully saturated rings. The van der Waals surface area contributed by atoms with Crippen LogP contribution in [0.4, 0.5) is 0 Å². The summed E-state index contributed by atoms with van der Waals surface area (Å²) in [4.78, 5) is 26.8. The zero-order valence-corrected chi connectivity index (χ0v) is 19.7. The molecule has 0 spiro atoms. The number of likely N-dealkylation sites (tertiary alicyclic amines) is 1. The van der Waals surface area contributed by atoms with E-state index in [0.717, 1.165) is 5.56 Å². The SMILES string of the molecule is COC(=O)[C@@H]1[C@@H]([C@@H](C)O[Si](C)(C)C(C)(C)C)C(=O)N1CCOCc1ccccc1. The molecule has 29 heavy (non-hydrogen) atoms. The van der Waals surface area contributed by atoms with Gasteiger partial charge < -0.3 is 18.8 Å². The molecule has 1 heterocycles. The Kier molecular flexibility index (Phi) is 7.65. The molecule has 1 aromatic rings. The molecular weight excluding hydrogens is 386 g/mol. The zero-order valence-electron chi connectivity index (χ0n) is 18.7. The molecule has 7 heteroatoms. The Bertz CT molecular complexity index is 701. The van der Waals surface area contributed by atoms with Crippen LogP contribution in [0.1, 0.15) is 33.3 Å². The van der Waals surface area contributed by atoms with Crippen LogP contribution in [-0.2, 0) is 30.1 Å². The number of methoxy groups -OCH3 is 1. The fraction of sp³-hybridized carbons (Fsp3) is 0.636. The van der Waals surface area contributed by atoms with E-state index in [4.69, 9.17) is 13.9 Å². The third kappa shape index (κ3) is 5.47. The summed E-state index contributed by atoms with van der Waals surface area (Å²) in [5.41, 5.74) is 1.07. The molecule has 0 aliphatic carbocycles. The lowest BCUT2D eigenvalue weighted by Crippen LogP contribution is -2.69. The summed E-state index contributed by atoms with van der Waals surface area (Å²) in [7, 11) is -0.703.